The van der Waals surface area contributed by atoms with E-state index in [9.17, 15) is 9.13 Å². The molecule has 0 aliphatic heterocycles. The van der Waals surface area contributed by atoms with Gasteiger partial charge >= 0.3 is 21.6 Å². The summed E-state index contributed by atoms with van der Waals surface area (Å²) in [6.45, 7) is 7.10. The number of hydrogen-bond donors (Lipinski definition) is 2. The molecule has 0 amide bonds. The molecule has 0 aliphatic carbocycles. The quantitative estimate of drug-likeness (QED) is 0.0559. The van der Waals surface area contributed by atoms with E-state index in [1.165, 1.54) is 0 Å². The molecule has 0 spiro atoms. The second-order valence-corrected chi connectivity index (χ2v) is 11.1. The molecule has 0 fully saturated rings. The smallest absolute Gasteiger partial charge is 0.373 e. The summed E-state index contributed by atoms with van der Waals surface area (Å²) in [5, 5.41) is 0. The maximum atomic E-state index is 11.6. The van der Waals surface area contributed by atoms with Crippen LogP contribution in [0.4, 0.5) is 0 Å². The Kier molecular flexibility index (Phi) is 27.1. The van der Waals surface area contributed by atoms with Gasteiger partial charge in [0.25, 0.3) is 0 Å². The van der Waals surface area contributed by atoms with Crippen LogP contribution in [0, 0.1) is 0 Å². The summed E-state index contributed by atoms with van der Waals surface area (Å²) in [6.07, 6.45) is 5.04. The van der Waals surface area contributed by atoms with E-state index < -0.39 is 21.6 Å². The van der Waals surface area contributed by atoms with Gasteiger partial charge in [0.1, 0.15) is 6.61 Å². The van der Waals surface area contributed by atoms with Gasteiger partial charge in [-0.15, -0.1) is 34.8 Å². The molecule has 0 aromatic heterocycles. The van der Waals surface area contributed by atoms with Crippen molar-refractivity contribution >= 4 is 50.4 Å². The molecule has 0 aromatic carbocycles. The molecule has 36 heavy (non-hydrogen) atoms. The zero-order valence-electron chi connectivity index (χ0n) is 21.4. The third kappa shape index (κ3) is 24.0. The van der Waals surface area contributed by atoms with Crippen molar-refractivity contribution in [2.75, 3.05) is 63.9 Å². The lowest BCUT2D eigenvalue weighted by molar-refractivity contribution is -0.365. The molecule has 220 valence electrons. The first-order chi connectivity index (χ1) is 17.1. The number of unbranched alkanes of at least 4 members (excludes halogenated alkanes) is 3. The van der Waals surface area contributed by atoms with Gasteiger partial charge in [0.2, 0.25) is 0 Å². The van der Waals surface area contributed by atoms with Gasteiger partial charge in [-0.1, -0.05) is 40.0 Å². The molecule has 0 radical (unpaired) electrons. The highest BCUT2D eigenvalue weighted by atomic mass is 35.5. The Morgan fingerprint density at radius 2 is 1.06 bits per heavy atom. The highest BCUT2D eigenvalue weighted by Crippen LogP contribution is 2.49. The number of hydrogen-bond acceptors (Lipinski definition) is 9. The highest BCUT2D eigenvalue weighted by Gasteiger charge is 2.41. The molecule has 0 aliphatic rings. The van der Waals surface area contributed by atoms with Crippen molar-refractivity contribution in [2.45, 2.75) is 65.3 Å². The molecule has 0 heterocycles. The third-order valence-electron chi connectivity index (χ3n) is 3.80. The molecule has 11 nitrogen and oxygen atoms in total. The van der Waals surface area contributed by atoms with Gasteiger partial charge < -0.3 is 24.0 Å². The number of ether oxygens (including phenoxy) is 3. The summed E-state index contributed by atoms with van der Waals surface area (Å²) in [4.78, 5) is 18.3. The Morgan fingerprint density at radius 3 is 1.39 bits per heavy atom. The van der Waals surface area contributed by atoms with Crippen molar-refractivity contribution in [2.24, 2.45) is 0 Å². The van der Waals surface area contributed by atoms with Gasteiger partial charge in [0.05, 0.1) is 33.0 Å². The molecule has 0 bridgehead atoms. The SMILES string of the molecule is CCCCOCC(OCCCC)(OCCCC)OP(=O)(O)O.O=P(OCCCl)(OCCCl)OCCCl. The Hall–Kier alpha value is 0.970. The summed E-state index contributed by atoms with van der Waals surface area (Å²) in [5.74, 6) is -1.23. The van der Waals surface area contributed by atoms with Crippen LogP contribution in [0.15, 0.2) is 0 Å². The molecule has 0 saturated heterocycles. The van der Waals surface area contributed by atoms with Gasteiger partial charge in [-0.2, -0.15) is 0 Å². The standard InChI is InChI=1S/C14H31O7P.C6H12Cl3O4P/c1-4-7-10-18-13-14(19-11-8-5-2,20-12-9-6-3)21-22(15,16)17;7-1-4-11-14(10,12-5-2-8)13-6-3-9/h4-13H2,1-3H3,(H2,15,16,17);1-6H2. The molecular formula is C20H43Cl3O11P2. The number of rotatable bonds is 24. The number of halogens is 3. The van der Waals surface area contributed by atoms with Crippen molar-refractivity contribution in [1.82, 2.24) is 0 Å². The second-order valence-electron chi connectivity index (χ2n) is 7.09. The van der Waals surface area contributed by atoms with E-state index in [4.69, 9.17) is 76.9 Å². The van der Waals surface area contributed by atoms with Crippen molar-refractivity contribution in [1.29, 1.82) is 0 Å². The van der Waals surface area contributed by atoms with E-state index >= 15 is 0 Å². The maximum absolute atomic E-state index is 11.6. The van der Waals surface area contributed by atoms with Crippen molar-refractivity contribution in [3.05, 3.63) is 0 Å². The van der Waals surface area contributed by atoms with Crippen LogP contribution in [-0.4, -0.2) is 79.6 Å². The van der Waals surface area contributed by atoms with Crippen LogP contribution >= 0.6 is 50.4 Å². The van der Waals surface area contributed by atoms with Crippen LogP contribution in [0.2, 0.25) is 0 Å². The molecular weight excluding hydrogens is 585 g/mol. The fourth-order valence-corrected chi connectivity index (χ4v) is 4.37. The van der Waals surface area contributed by atoms with E-state index in [0.717, 1.165) is 38.5 Å². The Labute approximate surface area is 230 Å². The maximum Gasteiger partial charge on any atom is 0.474 e. The van der Waals surface area contributed by atoms with Crippen molar-refractivity contribution in [3.63, 3.8) is 0 Å². The predicted molar refractivity (Wildman–Crippen MR) is 141 cm³/mol. The minimum atomic E-state index is -4.77. The molecule has 0 unspecified atom stereocenters. The summed E-state index contributed by atoms with van der Waals surface area (Å²) in [6, 6.07) is 0. The fourth-order valence-electron chi connectivity index (χ4n) is 2.12. The van der Waals surface area contributed by atoms with Crippen LogP contribution in [0.25, 0.3) is 0 Å². The van der Waals surface area contributed by atoms with Gasteiger partial charge in [-0.05, 0) is 19.3 Å². The topological polar surface area (TPSA) is 139 Å². The average molecular weight is 628 g/mol. The van der Waals surface area contributed by atoms with Crippen LogP contribution in [-0.2, 0) is 41.4 Å². The summed E-state index contributed by atoms with van der Waals surface area (Å²) < 4.78 is 58.7. The Bertz CT molecular complexity index is 547. The monoisotopic (exact) mass is 626 g/mol. The van der Waals surface area contributed by atoms with Gasteiger partial charge in [-0.25, -0.2) is 13.7 Å². The molecule has 0 saturated carbocycles. The summed E-state index contributed by atoms with van der Waals surface area (Å²) >= 11 is 16.1. The minimum Gasteiger partial charge on any atom is -0.373 e. The van der Waals surface area contributed by atoms with E-state index in [1.54, 1.807) is 0 Å². The zero-order valence-corrected chi connectivity index (χ0v) is 25.5. The van der Waals surface area contributed by atoms with E-state index in [0.29, 0.717) is 6.61 Å². The molecule has 16 heteroatoms. The van der Waals surface area contributed by atoms with Crippen LogP contribution in [0.5, 0.6) is 0 Å². The lowest BCUT2D eigenvalue weighted by Gasteiger charge is -2.32. The van der Waals surface area contributed by atoms with Crippen LogP contribution in [0.1, 0.15) is 59.3 Å². The van der Waals surface area contributed by atoms with E-state index in [2.05, 4.69) is 0 Å². The van der Waals surface area contributed by atoms with Crippen molar-refractivity contribution < 1.29 is 51.2 Å². The normalized spacial score (nSPS) is 12.4. The first-order valence-corrected chi connectivity index (χ1v) is 16.5. The molecule has 0 aromatic rings. The molecule has 0 atom stereocenters. The highest BCUT2D eigenvalue weighted by molar-refractivity contribution is 7.48. The lowest BCUT2D eigenvalue weighted by Crippen LogP contribution is -2.44. The Balaban J connectivity index is 0. The van der Waals surface area contributed by atoms with Crippen molar-refractivity contribution in [3.8, 4) is 0 Å². The first-order valence-electron chi connectivity index (χ1n) is 11.9. The lowest BCUT2D eigenvalue weighted by atomic mass is 10.3. The number of phosphoric ester groups is 2. The minimum absolute atomic E-state index is 0.0867. The van der Waals surface area contributed by atoms with Crippen LogP contribution in [0.3, 0.4) is 0 Å². The van der Waals surface area contributed by atoms with E-state index in [1.807, 2.05) is 20.8 Å². The summed E-state index contributed by atoms with van der Waals surface area (Å²) in [7, 11) is -8.29. The average Bonchev–Trinajstić information content (AvgIpc) is 2.83. The Morgan fingerprint density at radius 1 is 0.667 bits per heavy atom. The number of phosphoric acid groups is 2. The van der Waals surface area contributed by atoms with Gasteiger partial charge in [-0.3, -0.25) is 13.6 Å². The fraction of sp³-hybridized carbons (Fsp3) is 1.00. The first kappa shape index (κ1) is 39.1. The third-order valence-corrected chi connectivity index (χ3v) is 6.27. The zero-order chi connectivity index (χ0) is 27.8. The summed E-state index contributed by atoms with van der Waals surface area (Å²) in [5.41, 5.74) is 0. The number of alkyl halides is 3. The molecule has 0 rings (SSSR count). The van der Waals surface area contributed by atoms with Gasteiger partial charge in [0, 0.05) is 24.2 Å². The molecule has 2 N–H and O–H groups in total. The largest absolute Gasteiger partial charge is 0.474 e. The van der Waals surface area contributed by atoms with Crippen LogP contribution < -0.4 is 0 Å². The second kappa shape index (κ2) is 25.0. The van der Waals surface area contributed by atoms with E-state index in [-0.39, 0.29) is 57.3 Å². The van der Waals surface area contributed by atoms with Gasteiger partial charge in [0.15, 0.2) is 0 Å². The predicted octanol–water partition coefficient (Wildman–Crippen LogP) is 6.06.